The van der Waals surface area contributed by atoms with Gasteiger partial charge in [-0.05, 0) is 47.7 Å². The highest BCUT2D eigenvalue weighted by Crippen LogP contribution is 2.17. The van der Waals surface area contributed by atoms with E-state index in [0.717, 1.165) is 5.56 Å². The average molecular weight is 306 g/mol. The van der Waals surface area contributed by atoms with Crippen LogP contribution in [0.2, 0.25) is 5.02 Å². The highest BCUT2D eigenvalue weighted by molar-refractivity contribution is 7.10. The van der Waals surface area contributed by atoms with Gasteiger partial charge < -0.3 is 4.90 Å². The van der Waals surface area contributed by atoms with E-state index in [1.807, 2.05) is 36.7 Å². The zero-order valence-electron chi connectivity index (χ0n) is 11.5. The second-order valence-corrected chi connectivity index (χ2v) is 6.05. The molecule has 1 aromatic heterocycles. The molecule has 1 heterocycles. The summed E-state index contributed by atoms with van der Waals surface area (Å²) in [5.74, 6) is -0.0159. The topological polar surface area (TPSA) is 20.3 Å². The predicted octanol–water partition coefficient (Wildman–Crippen LogP) is 4.38. The maximum absolute atomic E-state index is 12.0. The van der Waals surface area contributed by atoms with E-state index in [1.165, 1.54) is 10.4 Å². The Morgan fingerprint density at radius 2 is 2.20 bits per heavy atom. The van der Waals surface area contributed by atoms with E-state index in [9.17, 15) is 4.79 Å². The Hall–Kier alpha value is -1.58. The number of aryl methyl sites for hydroxylation is 1. The standard InChI is InChI=1S/C16H16ClNOS/c1-12-8-9-20-15(12)11-18(2)16(19)7-6-13-4-3-5-14(17)10-13/h3-10H,11H2,1-2H3/b7-6+. The molecule has 2 nitrogen and oxygen atoms in total. The third-order valence-corrected chi connectivity index (χ3v) is 4.24. The molecular weight excluding hydrogens is 290 g/mol. The van der Waals surface area contributed by atoms with Crippen LogP contribution in [0.15, 0.2) is 41.8 Å². The number of thiophene rings is 1. The Labute approximate surface area is 128 Å². The number of likely N-dealkylation sites (N-methyl/N-ethyl adjacent to an activating group) is 1. The van der Waals surface area contributed by atoms with Gasteiger partial charge in [0.2, 0.25) is 5.91 Å². The first kappa shape index (κ1) is 14.8. The molecule has 20 heavy (non-hydrogen) atoms. The van der Waals surface area contributed by atoms with Gasteiger partial charge in [0.05, 0.1) is 6.54 Å². The first-order valence-electron chi connectivity index (χ1n) is 6.28. The number of hydrogen-bond donors (Lipinski definition) is 0. The van der Waals surface area contributed by atoms with Crippen molar-refractivity contribution >= 4 is 34.9 Å². The minimum atomic E-state index is -0.0159. The Balaban J connectivity index is 1.99. The summed E-state index contributed by atoms with van der Waals surface area (Å²) in [5, 5.41) is 2.72. The van der Waals surface area contributed by atoms with Crippen LogP contribution in [0.4, 0.5) is 0 Å². The van der Waals surface area contributed by atoms with Gasteiger partial charge in [-0.25, -0.2) is 0 Å². The van der Waals surface area contributed by atoms with E-state index in [0.29, 0.717) is 11.6 Å². The quantitative estimate of drug-likeness (QED) is 0.768. The summed E-state index contributed by atoms with van der Waals surface area (Å²) in [4.78, 5) is 15.0. The normalized spacial score (nSPS) is 10.9. The molecule has 0 bridgehead atoms. The summed E-state index contributed by atoms with van der Waals surface area (Å²) < 4.78 is 0. The Morgan fingerprint density at radius 1 is 1.40 bits per heavy atom. The van der Waals surface area contributed by atoms with Gasteiger partial charge in [-0.2, -0.15) is 0 Å². The molecule has 0 saturated heterocycles. The molecule has 0 aliphatic heterocycles. The number of carbonyl (C=O) groups is 1. The second kappa shape index (κ2) is 6.73. The first-order chi connectivity index (χ1) is 9.56. The van der Waals surface area contributed by atoms with Crippen LogP contribution in [0.5, 0.6) is 0 Å². The van der Waals surface area contributed by atoms with Gasteiger partial charge in [0, 0.05) is 23.0 Å². The lowest BCUT2D eigenvalue weighted by Gasteiger charge is -2.14. The fraction of sp³-hybridized carbons (Fsp3) is 0.188. The molecule has 2 rings (SSSR count). The molecule has 0 atom stereocenters. The largest absolute Gasteiger partial charge is 0.337 e. The van der Waals surface area contributed by atoms with Crippen molar-refractivity contribution in [3.8, 4) is 0 Å². The molecule has 0 aliphatic rings. The van der Waals surface area contributed by atoms with Crippen LogP contribution >= 0.6 is 22.9 Å². The maximum atomic E-state index is 12.0. The van der Waals surface area contributed by atoms with Crippen molar-refractivity contribution in [3.05, 3.63) is 62.8 Å². The third-order valence-electron chi connectivity index (χ3n) is 2.99. The molecule has 1 amide bonds. The Bertz CT molecular complexity index is 633. The summed E-state index contributed by atoms with van der Waals surface area (Å²) in [6.07, 6.45) is 3.36. The van der Waals surface area contributed by atoms with Gasteiger partial charge in [0.15, 0.2) is 0 Å². The number of halogens is 1. The van der Waals surface area contributed by atoms with Crippen molar-refractivity contribution in [1.82, 2.24) is 4.90 Å². The van der Waals surface area contributed by atoms with E-state index in [4.69, 9.17) is 11.6 Å². The van der Waals surface area contributed by atoms with Crippen LogP contribution in [0.1, 0.15) is 16.0 Å². The number of amides is 1. The van der Waals surface area contributed by atoms with Crippen molar-refractivity contribution in [2.75, 3.05) is 7.05 Å². The Morgan fingerprint density at radius 3 is 2.85 bits per heavy atom. The molecular formula is C16H16ClNOS. The molecule has 0 N–H and O–H groups in total. The zero-order chi connectivity index (χ0) is 14.5. The summed E-state index contributed by atoms with van der Waals surface area (Å²) in [7, 11) is 1.81. The van der Waals surface area contributed by atoms with Crippen molar-refractivity contribution < 1.29 is 4.79 Å². The molecule has 1 aromatic carbocycles. The second-order valence-electron chi connectivity index (χ2n) is 4.61. The molecule has 0 unspecified atom stereocenters. The van der Waals surface area contributed by atoms with Crippen LogP contribution in [-0.2, 0) is 11.3 Å². The van der Waals surface area contributed by atoms with Gasteiger partial charge >= 0.3 is 0 Å². The molecule has 104 valence electrons. The summed E-state index contributed by atoms with van der Waals surface area (Å²) >= 11 is 7.58. The fourth-order valence-electron chi connectivity index (χ4n) is 1.76. The van der Waals surface area contributed by atoms with E-state index in [-0.39, 0.29) is 5.91 Å². The minimum Gasteiger partial charge on any atom is -0.337 e. The average Bonchev–Trinajstić information content (AvgIpc) is 2.81. The predicted molar refractivity (Wildman–Crippen MR) is 86.0 cm³/mol. The SMILES string of the molecule is Cc1ccsc1CN(C)C(=O)/C=C/c1cccc(Cl)c1. The van der Waals surface area contributed by atoms with Crippen LogP contribution < -0.4 is 0 Å². The summed E-state index contributed by atoms with van der Waals surface area (Å²) in [6, 6.07) is 9.49. The molecule has 0 aliphatic carbocycles. The molecule has 0 fully saturated rings. The molecule has 0 saturated carbocycles. The van der Waals surface area contributed by atoms with Crippen LogP contribution in [-0.4, -0.2) is 17.9 Å². The lowest BCUT2D eigenvalue weighted by atomic mass is 10.2. The monoisotopic (exact) mass is 305 g/mol. The molecule has 0 spiro atoms. The molecule has 0 radical (unpaired) electrons. The smallest absolute Gasteiger partial charge is 0.246 e. The lowest BCUT2D eigenvalue weighted by Crippen LogP contribution is -2.23. The van der Waals surface area contributed by atoms with Gasteiger partial charge in [0.25, 0.3) is 0 Å². The van der Waals surface area contributed by atoms with E-state index < -0.39 is 0 Å². The van der Waals surface area contributed by atoms with Crippen LogP contribution in [0, 0.1) is 6.92 Å². The third kappa shape index (κ3) is 3.95. The van der Waals surface area contributed by atoms with Crippen LogP contribution in [0.25, 0.3) is 6.08 Å². The number of benzene rings is 1. The summed E-state index contributed by atoms with van der Waals surface area (Å²) in [6.45, 7) is 2.70. The highest BCUT2D eigenvalue weighted by Gasteiger charge is 2.08. The first-order valence-corrected chi connectivity index (χ1v) is 7.54. The minimum absolute atomic E-state index is 0.0159. The number of rotatable bonds is 4. The van der Waals surface area contributed by atoms with Crippen molar-refractivity contribution in [2.45, 2.75) is 13.5 Å². The Kier molecular flexibility index (Phi) is 4.99. The highest BCUT2D eigenvalue weighted by atomic mass is 35.5. The van der Waals surface area contributed by atoms with Crippen molar-refractivity contribution in [3.63, 3.8) is 0 Å². The lowest BCUT2D eigenvalue weighted by molar-refractivity contribution is -0.125. The van der Waals surface area contributed by atoms with Crippen molar-refractivity contribution in [1.29, 1.82) is 0 Å². The van der Waals surface area contributed by atoms with Gasteiger partial charge in [-0.3, -0.25) is 4.79 Å². The van der Waals surface area contributed by atoms with E-state index in [2.05, 4.69) is 13.0 Å². The number of carbonyl (C=O) groups excluding carboxylic acids is 1. The zero-order valence-corrected chi connectivity index (χ0v) is 13.0. The maximum Gasteiger partial charge on any atom is 0.246 e. The van der Waals surface area contributed by atoms with E-state index in [1.54, 1.807) is 28.4 Å². The van der Waals surface area contributed by atoms with Gasteiger partial charge in [-0.15, -0.1) is 11.3 Å². The molecule has 2 aromatic rings. The number of nitrogens with zero attached hydrogens (tertiary/aromatic N) is 1. The summed E-state index contributed by atoms with van der Waals surface area (Å²) in [5.41, 5.74) is 2.15. The van der Waals surface area contributed by atoms with Crippen LogP contribution in [0.3, 0.4) is 0 Å². The van der Waals surface area contributed by atoms with E-state index >= 15 is 0 Å². The van der Waals surface area contributed by atoms with Gasteiger partial charge in [-0.1, -0.05) is 23.7 Å². The fourth-order valence-corrected chi connectivity index (χ4v) is 2.92. The van der Waals surface area contributed by atoms with Gasteiger partial charge in [0.1, 0.15) is 0 Å². The number of hydrogen-bond acceptors (Lipinski definition) is 2. The molecule has 4 heteroatoms. The van der Waals surface area contributed by atoms with Crippen molar-refractivity contribution in [2.24, 2.45) is 0 Å².